The van der Waals surface area contributed by atoms with E-state index < -0.39 is 6.04 Å². The second-order valence-corrected chi connectivity index (χ2v) is 4.53. The molecule has 0 aliphatic heterocycles. The van der Waals surface area contributed by atoms with E-state index in [2.05, 4.69) is 27.1 Å². The van der Waals surface area contributed by atoms with Gasteiger partial charge >= 0.3 is 0 Å². The third-order valence-corrected chi connectivity index (χ3v) is 2.75. The van der Waals surface area contributed by atoms with Gasteiger partial charge in [0.05, 0.1) is 11.6 Å². The zero-order valence-electron chi connectivity index (χ0n) is 10.3. The van der Waals surface area contributed by atoms with Crippen LogP contribution in [0.25, 0.3) is 0 Å². The zero-order valence-corrected chi connectivity index (χ0v) is 11.1. The van der Waals surface area contributed by atoms with Crippen LogP contribution in [0.1, 0.15) is 18.3 Å². The van der Waals surface area contributed by atoms with Crippen molar-refractivity contribution >= 4 is 23.1 Å². The lowest BCUT2D eigenvalue weighted by atomic mass is 10.3. The van der Waals surface area contributed by atoms with E-state index in [0.29, 0.717) is 17.2 Å². The molecule has 19 heavy (non-hydrogen) atoms. The molecule has 1 amide bonds. The lowest BCUT2D eigenvalue weighted by molar-refractivity contribution is -0.117. The van der Waals surface area contributed by atoms with Crippen molar-refractivity contribution in [3.63, 3.8) is 0 Å². The average molecular weight is 272 g/mol. The van der Waals surface area contributed by atoms with Gasteiger partial charge < -0.3 is 11.1 Å². The number of thiazole rings is 1. The molecule has 1 atom stereocenters. The highest BCUT2D eigenvalue weighted by Crippen LogP contribution is 2.05. The molecule has 0 bridgehead atoms. The maximum Gasteiger partial charge on any atom is 0.242 e. The largest absolute Gasteiger partial charge is 0.320 e. The van der Waals surface area contributed by atoms with Gasteiger partial charge in [0.1, 0.15) is 17.2 Å². The minimum atomic E-state index is -0.577. The number of carbonyl (C=O) groups excluding carboxylic acids is 1. The third-order valence-electron chi connectivity index (χ3n) is 2.16. The highest BCUT2D eigenvalue weighted by Gasteiger charge is 2.07. The molecule has 5 nitrogen and oxygen atoms in total. The number of amides is 1. The fourth-order valence-electron chi connectivity index (χ4n) is 1.22. The minimum absolute atomic E-state index is 0.280. The Kier molecular flexibility index (Phi) is 4.23. The summed E-state index contributed by atoms with van der Waals surface area (Å²) in [7, 11) is 0. The summed E-state index contributed by atoms with van der Waals surface area (Å²) in [6, 6.07) is 4.65. The Morgan fingerprint density at radius 1 is 1.42 bits per heavy atom. The normalized spacial score (nSPS) is 11.3. The molecule has 96 valence electrons. The SMILES string of the molecule is CC(N)C(=O)Nc1cccc(C#Cc2cscn2)n1. The van der Waals surface area contributed by atoms with Gasteiger partial charge in [0.2, 0.25) is 5.91 Å². The Morgan fingerprint density at radius 2 is 2.21 bits per heavy atom. The number of nitrogens with two attached hydrogens (primary N) is 1. The number of nitrogens with one attached hydrogen (secondary N) is 1. The summed E-state index contributed by atoms with van der Waals surface area (Å²) in [6.07, 6.45) is 0. The summed E-state index contributed by atoms with van der Waals surface area (Å²) in [5.41, 5.74) is 8.46. The van der Waals surface area contributed by atoms with Crippen LogP contribution in [0.5, 0.6) is 0 Å². The fourth-order valence-corrected chi connectivity index (χ4v) is 1.70. The summed E-state index contributed by atoms with van der Waals surface area (Å²) in [5.74, 6) is 5.94. The van der Waals surface area contributed by atoms with Crippen LogP contribution < -0.4 is 11.1 Å². The highest BCUT2D eigenvalue weighted by atomic mass is 32.1. The summed E-state index contributed by atoms with van der Waals surface area (Å²) < 4.78 is 0. The van der Waals surface area contributed by atoms with Gasteiger partial charge in [-0.25, -0.2) is 9.97 Å². The van der Waals surface area contributed by atoms with E-state index in [-0.39, 0.29) is 5.91 Å². The van der Waals surface area contributed by atoms with Crippen molar-refractivity contribution in [1.29, 1.82) is 0 Å². The maximum absolute atomic E-state index is 11.4. The number of nitrogens with zero attached hydrogens (tertiary/aromatic N) is 2. The summed E-state index contributed by atoms with van der Waals surface area (Å²) in [5, 5.41) is 4.47. The number of pyridine rings is 1. The number of hydrogen-bond donors (Lipinski definition) is 2. The predicted molar refractivity (Wildman–Crippen MR) is 74.6 cm³/mol. The highest BCUT2D eigenvalue weighted by molar-refractivity contribution is 7.07. The molecule has 1 unspecified atom stereocenters. The lowest BCUT2D eigenvalue weighted by Gasteiger charge is -2.06. The first-order valence-corrected chi connectivity index (χ1v) is 6.53. The van der Waals surface area contributed by atoms with Crippen molar-refractivity contribution in [2.75, 3.05) is 5.32 Å². The first-order chi connectivity index (χ1) is 9.15. The average Bonchev–Trinajstić information content (AvgIpc) is 2.90. The second-order valence-electron chi connectivity index (χ2n) is 3.81. The third kappa shape index (κ3) is 3.88. The molecule has 0 spiro atoms. The van der Waals surface area contributed by atoms with Crippen LogP contribution in [0.4, 0.5) is 5.82 Å². The Hall–Kier alpha value is -2.23. The molecule has 6 heteroatoms. The number of carbonyl (C=O) groups is 1. The van der Waals surface area contributed by atoms with Gasteiger partial charge in [-0.1, -0.05) is 6.07 Å². The van der Waals surface area contributed by atoms with Crippen LogP contribution in [-0.2, 0) is 4.79 Å². The molecule has 3 N–H and O–H groups in total. The molecule has 0 saturated carbocycles. The zero-order chi connectivity index (χ0) is 13.7. The van der Waals surface area contributed by atoms with Crippen molar-refractivity contribution in [3.05, 3.63) is 40.5 Å². The Morgan fingerprint density at radius 3 is 2.89 bits per heavy atom. The number of rotatable bonds is 2. The monoisotopic (exact) mass is 272 g/mol. The Labute approximate surface area is 114 Å². The first-order valence-electron chi connectivity index (χ1n) is 5.59. The van der Waals surface area contributed by atoms with Crippen LogP contribution in [0, 0.1) is 11.8 Å². The van der Waals surface area contributed by atoms with Gasteiger partial charge in [0.25, 0.3) is 0 Å². The predicted octanol–water partition coefficient (Wildman–Crippen LogP) is 1.22. The van der Waals surface area contributed by atoms with Gasteiger partial charge in [-0.3, -0.25) is 4.79 Å². The van der Waals surface area contributed by atoms with Crippen LogP contribution in [0.2, 0.25) is 0 Å². The van der Waals surface area contributed by atoms with E-state index in [0.717, 1.165) is 0 Å². The molecular formula is C13H12N4OS. The van der Waals surface area contributed by atoms with Crippen molar-refractivity contribution in [3.8, 4) is 11.8 Å². The fraction of sp³-hybridized carbons (Fsp3) is 0.154. The molecule has 0 aromatic carbocycles. The van der Waals surface area contributed by atoms with E-state index in [4.69, 9.17) is 5.73 Å². The van der Waals surface area contributed by atoms with Crippen LogP contribution in [0.3, 0.4) is 0 Å². The number of anilines is 1. The van der Waals surface area contributed by atoms with Gasteiger partial charge in [0, 0.05) is 5.38 Å². The van der Waals surface area contributed by atoms with E-state index in [1.165, 1.54) is 11.3 Å². The molecule has 2 heterocycles. The van der Waals surface area contributed by atoms with Crippen molar-refractivity contribution in [2.45, 2.75) is 13.0 Å². The Balaban J connectivity index is 2.13. The number of aromatic nitrogens is 2. The van der Waals surface area contributed by atoms with Crippen molar-refractivity contribution < 1.29 is 4.79 Å². The smallest absolute Gasteiger partial charge is 0.242 e. The molecule has 2 aromatic heterocycles. The van der Waals surface area contributed by atoms with Crippen molar-refractivity contribution in [1.82, 2.24) is 9.97 Å². The molecule has 0 aliphatic carbocycles. The van der Waals surface area contributed by atoms with Crippen LogP contribution in [0.15, 0.2) is 29.1 Å². The van der Waals surface area contributed by atoms with E-state index in [1.807, 2.05) is 5.38 Å². The summed E-state index contributed by atoms with van der Waals surface area (Å²) in [4.78, 5) is 19.7. The molecule has 2 aromatic rings. The van der Waals surface area contributed by atoms with Gasteiger partial charge in [0.15, 0.2) is 0 Å². The molecule has 0 aliphatic rings. The molecule has 2 rings (SSSR count). The van der Waals surface area contributed by atoms with Gasteiger partial charge in [-0.05, 0) is 30.9 Å². The minimum Gasteiger partial charge on any atom is -0.320 e. The quantitative estimate of drug-likeness (QED) is 0.806. The summed E-state index contributed by atoms with van der Waals surface area (Å²) >= 11 is 1.48. The van der Waals surface area contributed by atoms with Gasteiger partial charge in [-0.2, -0.15) is 0 Å². The van der Waals surface area contributed by atoms with Crippen LogP contribution >= 0.6 is 11.3 Å². The first kappa shape index (κ1) is 13.2. The van der Waals surface area contributed by atoms with E-state index >= 15 is 0 Å². The lowest BCUT2D eigenvalue weighted by Crippen LogP contribution is -2.32. The van der Waals surface area contributed by atoms with E-state index in [9.17, 15) is 4.79 Å². The Bertz CT molecular complexity index is 626. The molecule has 0 fully saturated rings. The summed E-state index contributed by atoms with van der Waals surface area (Å²) in [6.45, 7) is 1.61. The standard InChI is InChI=1S/C13H12N4OS/c1-9(14)13(18)17-12-4-2-3-10(16-12)5-6-11-7-19-8-15-11/h2-4,7-9H,14H2,1H3,(H,16,17,18). The molecular weight excluding hydrogens is 260 g/mol. The topological polar surface area (TPSA) is 80.9 Å². The maximum atomic E-state index is 11.4. The number of hydrogen-bond acceptors (Lipinski definition) is 5. The van der Waals surface area contributed by atoms with Crippen molar-refractivity contribution in [2.24, 2.45) is 5.73 Å². The second kappa shape index (κ2) is 6.09. The van der Waals surface area contributed by atoms with E-state index in [1.54, 1.807) is 30.6 Å². The van der Waals surface area contributed by atoms with Crippen LogP contribution in [-0.4, -0.2) is 21.9 Å². The molecule has 0 radical (unpaired) electrons. The molecule has 0 saturated heterocycles. The van der Waals surface area contributed by atoms with Gasteiger partial charge in [-0.15, -0.1) is 11.3 Å².